The number of benzene rings is 1. The van der Waals surface area contributed by atoms with Crippen LogP contribution in [0.25, 0.3) is 0 Å². The van der Waals surface area contributed by atoms with E-state index in [9.17, 15) is 9.18 Å². The topological polar surface area (TPSA) is 78.8 Å². The largest absolute Gasteiger partial charge is 0.491 e. The van der Waals surface area contributed by atoms with Crippen molar-refractivity contribution in [1.82, 2.24) is 5.32 Å². The molecule has 0 heterocycles. The smallest absolute Gasteiger partial charge is 0.404 e. The highest BCUT2D eigenvalue weighted by Crippen LogP contribution is 2.32. The van der Waals surface area contributed by atoms with Crippen LogP contribution in [0, 0.1) is 11.7 Å². The number of ether oxygens (including phenoxy) is 1. The van der Waals surface area contributed by atoms with Crippen LogP contribution in [0.15, 0.2) is 12.1 Å². The molecule has 0 radical (unpaired) electrons. The van der Waals surface area contributed by atoms with Gasteiger partial charge in [-0.2, -0.15) is 0 Å². The van der Waals surface area contributed by atoms with E-state index in [1.807, 2.05) is 0 Å². The number of aliphatic hydroxyl groups excluding tert-OH is 1. The lowest BCUT2D eigenvalue weighted by atomic mass is 10.1. The molecule has 0 saturated carbocycles. The molecule has 0 fully saturated rings. The van der Waals surface area contributed by atoms with E-state index < -0.39 is 6.09 Å². The third kappa shape index (κ3) is 3.39. The Hall–Kier alpha value is -1.82. The van der Waals surface area contributed by atoms with E-state index in [1.54, 1.807) is 13.0 Å². The maximum absolute atomic E-state index is 13.9. The summed E-state index contributed by atoms with van der Waals surface area (Å²) in [6.07, 6.45) is 0.0738. The second-order valence-electron chi connectivity index (χ2n) is 5.16. The van der Waals surface area contributed by atoms with Crippen LogP contribution in [0.3, 0.4) is 0 Å². The van der Waals surface area contributed by atoms with Gasteiger partial charge >= 0.3 is 6.09 Å². The van der Waals surface area contributed by atoms with Gasteiger partial charge < -0.3 is 20.3 Å². The maximum atomic E-state index is 13.9. The molecule has 0 aromatic heterocycles. The highest BCUT2D eigenvalue weighted by molar-refractivity contribution is 5.64. The van der Waals surface area contributed by atoms with Crippen molar-refractivity contribution in [3.63, 3.8) is 0 Å². The zero-order valence-electron chi connectivity index (χ0n) is 11.2. The molecule has 2 unspecified atom stereocenters. The summed E-state index contributed by atoms with van der Waals surface area (Å²) in [5, 5.41) is 20.0. The molecule has 1 aliphatic carbocycles. The second-order valence-corrected chi connectivity index (χ2v) is 5.16. The van der Waals surface area contributed by atoms with Crippen LogP contribution in [-0.4, -0.2) is 35.6 Å². The Morgan fingerprint density at radius 1 is 1.55 bits per heavy atom. The van der Waals surface area contributed by atoms with Gasteiger partial charge in [0.2, 0.25) is 0 Å². The first-order valence-corrected chi connectivity index (χ1v) is 6.54. The highest BCUT2D eigenvalue weighted by Gasteiger charge is 2.24. The van der Waals surface area contributed by atoms with E-state index in [-0.39, 0.29) is 31.0 Å². The van der Waals surface area contributed by atoms with Gasteiger partial charge in [0.15, 0.2) is 0 Å². The van der Waals surface area contributed by atoms with Crippen molar-refractivity contribution in [1.29, 1.82) is 0 Å². The van der Waals surface area contributed by atoms with E-state index in [4.69, 9.17) is 14.9 Å². The average Bonchev–Trinajstić information content (AvgIpc) is 2.79. The molecular formula is C14H18FNO4. The minimum atomic E-state index is -1.12. The average molecular weight is 283 g/mol. The molecule has 2 rings (SSSR count). The number of amides is 1. The Labute approximate surface area is 116 Å². The summed E-state index contributed by atoms with van der Waals surface area (Å²) in [6.45, 7) is 1.84. The number of carboxylic acid groups (broad SMARTS) is 1. The number of nitrogens with one attached hydrogen (secondary N) is 1. The Morgan fingerprint density at radius 3 is 2.95 bits per heavy atom. The Bertz CT molecular complexity index is 506. The molecule has 3 N–H and O–H groups in total. The van der Waals surface area contributed by atoms with Crippen LogP contribution in [0.2, 0.25) is 0 Å². The minimum Gasteiger partial charge on any atom is -0.491 e. The molecule has 6 heteroatoms. The highest BCUT2D eigenvalue weighted by atomic mass is 19.1. The molecular weight excluding hydrogens is 265 g/mol. The van der Waals surface area contributed by atoms with Crippen molar-refractivity contribution >= 4 is 6.09 Å². The van der Waals surface area contributed by atoms with Gasteiger partial charge in [0.1, 0.15) is 18.2 Å². The number of aliphatic hydroxyl groups is 1. The van der Waals surface area contributed by atoms with Crippen LogP contribution in [-0.2, 0) is 12.8 Å². The van der Waals surface area contributed by atoms with Crippen LogP contribution in [0.1, 0.15) is 18.1 Å². The zero-order valence-corrected chi connectivity index (χ0v) is 11.2. The number of hydrogen-bond donors (Lipinski definition) is 3. The van der Waals surface area contributed by atoms with Crippen molar-refractivity contribution < 1.29 is 24.1 Å². The van der Waals surface area contributed by atoms with Crippen molar-refractivity contribution in [3.05, 3.63) is 29.1 Å². The van der Waals surface area contributed by atoms with E-state index in [0.29, 0.717) is 24.2 Å². The Balaban J connectivity index is 2.01. The number of rotatable bonds is 5. The molecule has 110 valence electrons. The molecule has 2 atom stereocenters. The molecule has 5 nitrogen and oxygen atoms in total. The molecule has 1 aliphatic rings. The summed E-state index contributed by atoms with van der Waals surface area (Å²) in [5.41, 5.74) is 1.51. The fourth-order valence-corrected chi connectivity index (χ4v) is 2.43. The number of fused-ring (bicyclic) bond motifs is 1. The van der Waals surface area contributed by atoms with Crippen LogP contribution < -0.4 is 10.1 Å². The van der Waals surface area contributed by atoms with Crippen LogP contribution in [0.4, 0.5) is 9.18 Å². The number of carbonyl (C=O) groups is 1. The van der Waals surface area contributed by atoms with E-state index >= 15 is 0 Å². The molecule has 20 heavy (non-hydrogen) atoms. The fourth-order valence-electron chi connectivity index (χ4n) is 2.43. The summed E-state index contributed by atoms with van der Waals surface area (Å²) >= 11 is 0. The summed E-state index contributed by atoms with van der Waals surface area (Å²) in [5.74, 6) is 0.133. The van der Waals surface area contributed by atoms with E-state index in [2.05, 4.69) is 5.32 Å². The summed E-state index contributed by atoms with van der Waals surface area (Å²) in [7, 11) is 0. The molecule has 1 amide bonds. The van der Waals surface area contributed by atoms with Crippen molar-refractivity contribution in [2.75, 3.05) is 13.2 Å². The Morgan fingerprint density at radius 2 is 2.30 bits per heavy atom. The predicted molar refractivity (Wildman–Crippen MR) is 70.5 cm³/mol. The van der Waals surface area contributed by atoms with Crippen LogP contribution in [0.5, 0.6) is 5.75 Å². The van der Waals surface area contributed by atoms with Gasteiger partial charge in [-0.1, -0.05) is 0 Å². The minimum absolute atomic E-state index is 0.0455. The molecule has 0 bridgehead atoms. The first-order chi connectivity index (χ1) is 9.49. The molecule has 0 spiro atoms. The molecule has 1 aromatic carbocycles. The van der Waals surface area contributed by atoms with E-state index in [0.717, 1.165) is 5.56 Å². The summed E-state index contributed by atoms with van der Waals surface area (Å²) < 4.78 is 19.3. The quantitative estimate of drug-likeness (QED) is 0.766. The fraction of sp³-hybridized carbons (Fsp3) is 0.500. The maximum Gasteiger partial charge on any atom is 0.404 e. The van der Waals surface area contributed by atoms with Crippen molar-refractivity contribution in [2.45, 2.75) is 25.8 Å². The third-order valence-corrected chi connectivity index (χ3v) is 3.39. The van der Waals surface area contributed by atoms with Gasteiger partial charge in [0, 0.05) is 12.7 Å². The normalized spacial score (nSPS) is 18.4. The van der Waals surface area contributed by atoms with Gasteiger partial charge in [-0.3, -0.25) is 0 Å². The number of hydrogen-bond acceptors (Lipinski definition) is 3. The third-order valence-electron chi connectivity index (χ3n) is 3.39. The van der Waals surface area contributed by atoms with Crippen molar-refractivity contribution in [2.24, 2.45) is 5.92 Å². The van der Waals surface area contributed by atoms with Crippen molar-refractivity contribution in [3.8, 4) is 5.75 Å². The van der Waals surface area contributed by atoms with Gasteiger partial charge in [-0.15, -0.1) is 0 Å². The lowest BCUT2D eigenvalue weighted by Gasteiger charge is -2.14. The SMILES string of the molecule is CC(COc1cc(F)c2c(c1)CC(CO)C2)NC(=O)O. The predicted octanol–water partition coefficient (Wildman–Crippen LogP) is 1.57. The van der Waals surface area contributed by atoms with Crippen LogP contribution >= 0.6 is 0 Å². The van der Waals surface area contributed by atoms with Gasteiger partial charge in [-0.25, -0.2) is 9.18 Å². The van der Waals surface area contributed by atoms with Gasteiger partial charge in [0.25, 0.3) is 0 Å². The monoisotopic (exact) mass is 283 g/mol. The first kappa shape index (κ1) is 14.6. The molecule has 0 aliphatic heterocycles. The zero-order chi connectivity index (χ0) is 14.7. The van der Waals surface area contributed by atoms with E-state index in [1.165, 1.54) is 6.07 Å². The summed E-state index contributed by atoms with van der Waals surface area (Å²) in [4.78, 5) is 10.4. The number of halogens is 1. The molecule has 1 aromatic rings. The Kier molecular flexibility index (Phi) is 4.44. The van der Waals surface area contributed by atoms with Gasteiger partial charge in [-0.05, 0) is 42.9 Å². The standard InChI is InChI=1S/C14H18FNO4/c1-8(16-14(18)19)7-20-11-4-10-2-9(6-17)3-12(10)13(15)5-11/h4-5,8-9,16-17H,2-3,6-7H2,1H3,(H,18,19). The first-order valence-electron chi connectivity index (χ1n) is 6.54. The summed E-state index contributed by atoms with van der Waals surface area (Å²) in [6, 6.07) is 2.70. The van der Waals surface area contributed by atoms with Gasteiger partial charge in [0.05, 0.1) is 6.04 Å². The molecule has 0 saturated heterocycles. The lowest BCUT2D eigenvalue weighted by Crippen LogP contribution is -2.35. The second kappa shape index (κ2) is 6.09. The lowest BCUT2D eigenvalue weighted by molar-refractivity contribution is 0.183.